The molecule has 0 bridgehead atoms. The van der Waals surface area contributed by atoms with Gasteiger partial charge in [0.25, 0.3) is 0 Å². The van der Waals surface area contributed by atoms with Crippen LogP contribution in [0.15, 0.2) is 35.7 Å². The van der Waals surface area contributed by atoms with Gasteiger partial charge in [-0.2, -0.15) is 5.10 Å². The van der Waals surface area contributed by atoms with Crippen molar-refractivity contribution < 1.29 is 9.18 Å². The second-order valence-electron chi connectivity index (χ2n) is 7.00. The fraction of sp³-hybridized carbons (Fsp3) is 0.350. The Bertz CT molecular complexity index is 914. The van der Waals surface area contributed by atoms with Gasteiger partial charge in [0.1, 0.15) is 11.6 Å². The van der Waals surface area contributed by atoms with Gasteiger partial charge >= 0.3 is 0 Å². The molecular weight excluding hydrogens is 363 g/mol. The molecule has 0 radical (unpaired) electrons. The van der Waals surface area contributed by atoms with E-state index in [0.29, 0.717) is 18.2 Å². The zero-order chi connectivity index (χ0) is 19.4. The second-order valence-corrected chi connectivity index (χ2v) is 7.95. The number of thiazole rings is 1. The summed E-state index contributed by atoms with van der Waals surface area (Å²) in [5.74, 6) is 0.838. The van der Waals surface area contributed by atoms with E-state index in [1.54, 1.807) is 16.8 Å². The average molecular weight is 386 g/mol. The summed E-state index contributed by atoms with van der Waals surface area (Å²) in [5, 5.41) is 10.1. The first-order valence-corrected chi connectivity index (χ1v) is 9.77. The Morgan fingerprint density at radius 3 is 2.70 bits per heavy atom. The minimum Gasteiger partial charge on any atom is -0.311 e. The summed E-state index contributed by atoms with van der Waals surface area (Å²) in [7, 11) is 1.82. The Kier molecular flexibility index (Phi) is 6.01. The van der Waals surface area contributed by atoms with E-state index in [4.69, 9.17) is 0 Å². The van der Waals surface area contributed by atoms with E-state index < -0.39 is 0 Å². The molecule has 0 saturated heterocycles. The molecule has 3 rings (SSSR count). The van der Waals surface area contributed by atoms with Gasteiger partial charge in [-0.3, -0.25) is 9.48 Å². The van der Waals surface area contributed by atoms with Gasteiger partial charge in [0.2, 0.25) is 5.91 Å². The number of hydrogen-bond donors (Lipinski definition) is 1. The van der Waals surface area contributed by atoms with Crippen molar-refractivity contribution in [1.82, 2.24) is 14.8 Å². The standard InChI is InChI=1S/C20H23FN4OS/c1-13(2)8-16-10-18(25(3)24-16)23-19(26)11-17-12-27-20(22-17)9-14-4-6-15(21)7-5-14/h4-7,10,12-13H,8-9,11H2,1-3H3,(H,23,26). The monoisotopic (exact) mass is 386 g/mol. The van der Waals surface area contributed by atoms with Gasteiger partial charge < -0.3 is 5.32 Å². The van der Waals surface area contributed by atoms with Crippen molar-refractivity contribution >= 4 is 23.1 Å². The highest BCUT2D eigenvalue weighted by molar-refractivity contribution is 7.09. The van der Waals surface area contributed by atoms with Gasteiger partial charge in [-0.1, -0.05) is 26.0 Å². The molecule has 142 valence electrons. The summed E-state index contributed by atoms with van der Waals surface area (Å²) < 4.78 is 14.7. The lowest BCUT2D eigenvalue weighted by Crippen LogP contribution is -2.16. The van der Waals surface area contributed by atoms with Crippen LogP contribution in [-0.2, 0) is 31.1 Å². The molecule has 0 saturated carbocycles. The summed E-state index contributed by atoms with van der Waals surface area (Å²) in [5.41, 5.74) is 2.70. The van der Waals surface area contributed by atoms with E-state index in [1.165, 1.54) is 23.5 Å². The summed E-state index contributed by atoms with van der Waals surface area (Å²) >= 11 is 1.51. The van der Waals surface area contributed by atoms with Crippen LogP contribution in [0.2, 0.25) is 0 Å². The van der Waals surface area contributed by atoms with Crippen molar-refractivity contribution in [2.75, 3.05) is 5.32 Å². The normalized spacial score (nSPS) is 11.1. The zero-order valence-electron chi connectivity index (χ0n) is 15.7. The van der Waals surface area contributed by atoms with Gasteiger partial charge in [0, 0.05) is 24.9 Å². The second kappa shape index (κ2) is 8.43. The molecule has 0 atom stereocenters. The summed E-state index contributed by atoms with van der Waals surface area (Å²) in [4.78, 5) is 16.9. The smallest absolute Gasteiger partial charge is 0.231 e. The number of carbonyl (C=O) groups excluding carboxylic acids is 1. The highest BCUT2D eigenvalue weighted by Crippen LogP contribution is 2.17. The van der Waals surface area contributed by atoms with E-state index in [2.05, 4.69) is 29.2 Å². The van der Waals surface area contributed by atoms with Gasteiger partial charge in [0.15, 0.2) is 0 Å². The van der Waals surface area contributed by atoms with Crippen LogP contribution in [-0.4, -0.2) is 20.7 Å². The molecule has 1 amide bonds. The third kappa shape index (κ3) is 5.47. The number of rotatable bonds is 7. The van der Waals surface area contributed by atoms with Crippen LogP contribution >= 0.6 is 11.3 Å². The average Bonchev–Trinajstić information content (AvgIpc) is 3.15. The minimum atomic E-state index is -0.248. The van der Waals surface area contributed by atoms with E-state index in [9.17, 15) is 9.18 Å². The molecule has 0 aliphatic rings. The lowest BCUT2D eigenvalue weighted by Gasteiger charge is -2.03. The van der Waals surface area contributed by atoms with Crippen LogP contribution in [0.3, 0.4) is 0 Å². The minimum absolute atomic E-state index is 0.118. The van der Waals surface area contributed by atoms with Crippen LogP contribution in [0.4, 0.5) is 10.2 Å². The lowest BCUT2D eigenvalue weighted by atomic mass is 10.1. The zero-order valence-corrected chi connectivity index (χ0v) is 16.5. The number of nitrogens with one attached hydrogen (secondary N) is 1. The maximum atomic E-state index is 13.0. The Hall–Kier alpha value is -2.54. The molecule has 27 heavy (non-hydrogen) atoms. The topological polar surface area (TPSA) is 59.8 Å². The summed E-state index contributed by atoms with van der Waals surface area (Å²) in [6, 6.07) is 8.30. The number of anilines is 1. The number of nitrogens with zero attached hydrogens (tertiary/aromatic N) is 3. The van der Waals surface area contributed by atoms with Gasteiger partial charge in [-0.05, 0) is 30.0 Å². The van der Waals surface area contributed by atoms with Crippen LogP contribution < -0.4 is 5.32 Å². The van der Waals surface area contributed by atoms with Crippen molar-refractivity contribution in [3.05, 3.63) is 63.5 Å². The van der Waals surface area contributed by atoms with E-state index in [0.717, 1.165) is 28.4 Å². The largest absolute Gasteiger partial charge is 0.311 e. The third-order valence-electron chi connectivity index (χ3n) is 4.02. The number of aryl methyl sites for hydroxylation is 1. The van der Waals surface area contributed by atoms with Crippen molar-refractivity contribution in [3.8, 4) is 0 Å². The summed E-state index contributed by atoms with van der Waals surface area (Å²) in [6.07, 6.45) is 1.72. The molecule has 2 aromatic heterocycles. The van der Waals surface area contributed by atoms with Crippen molar-refractivity contribution in [1.29, 1.82) is 0 Å². The van der Waals surface area contributed by atoms with Gasteiger partial charge in [0.05, 0.1) is 22.8 Å². The van der Waals surface area contributed by atoms with E-state index in [-0.39, 0.29) is 18.1 Å². The van der Waals surface area contributed by atoms with Gasteiger partial charge in [-0.15, -0.1) is 11.3 Å². The first-order chi connectivity index (χ1) is 12.9. The molecule has 2 heterocycles. The Labute approximate surface area is 162 Å². The molecule has 0 aliphatic heterocycles. The molecule has 0 spiro atoms. The first-order valence-electron chi connectivity index (χ1n) is 8.89. The fourth-order valence-electron chi connectivity index (χ4n) is 2.80. The van der Waals surface area contributed by atoms with Crippen molar-refractivity contribution in [2.45, 2.75) is 33.1 Å². The lowest BCUT2D eigenvalue weighted by molar-refractivity contribution is -0.115. The number of aromatic nitrogens is 3. The maximum absolute atomic E-state index is 13.0. The number of carbonyl (C=O) groups is 1. The van der Waals surface area contributed by atoms with Crippen molar-refractivity contribution in [3.63, 3.8) is 0 Å². The molecule has 7 heteroatoms. The van der Waals surface area contributed by atoms with Crippen LogP contribution in [0.5, 0.6) is 0 Å². The number of amides is 1. The number of halogens is 1. The molecule has 3 aromatic rings. The Balaban J connectivity index is 1.58. The summed E-state index contributed by atoms with van der Waals surface area (Å²) in [6.45, 7) is 4.28. The first kappa shape index (κ1) is 19.2. The van der Waals surface area contributed by atoms with Crippen molar-refractivity contribution in [2.24, 2.45) is 13.0 Å². The molecule has 0 fully saturated rings. The van der Waals surface area contributed by atoms with Crippen LogP contribution in [0.1, 0.15) is 35.8 Å². The van der Waals surface area contributed by atoms with Crippen LogP contribution in [0.25, 0.3) is 0 Å². The highest BCUT2D eigenvalue weighted by Gasteiger charge is 2.12. The third-order valence-corrected chi connectivity index (χ3v) is 4.92. The van der Waals surface area contributed by atoms with Crippen LogP contribution in [0, 0.1) is 11.7 Å². The predicted molar refractivity (Wildman–Crippen MR) is 105 cm³/mol. The Morgan fingerprint density at radius 1 is 1.26 bits per heavy atom. The van der Waals surface area contributed by atoms with E-state index >= 15 is 0 Å². The molecule has 0 aliphatic carbocycles. The van der Waals surface area contributed by atoms with E-state index in [1.807, 2.05) is 18.5 Å². The number of benzene rings is 1. The molecule has 1 aromatic carbocycles. The molecule has 0 unspecified atom stereocenters. The molecule has 5 nitrogen and oxygen atoms in total. The molecule has 1 N–H and O–H groups in total. The Morgan fingerprint density at radius 2 is 2.00 bits per heavy atom. The quantitative estimate of drug-likeness (QED) is 0.668. The van der Waals surface area contributed by atoms with Gasteiger partial charge in [-0.25, -0.2) is 9.37 Å². The fourth-order valence-corrected chi connectivity index (χ4v) is 3.63. The predicted octanol–water partition coefficient (Wildman–Crippen LogP) is 3.99. The number of hydrogen-bond acceptors (Lipinski definition) is 4. The molecular formula is C20H23FN4OS. The SMILES string of the molecule is CC(C)Cc1cc(NC(=O)Cc2csc(Cc3ccc(F)cc3)n2)n(C)n1. The maximum Gasteiger partial charge on any atom is 0.231 e. The highest BCUT2D eigenvalue weighted by atomic mass is 32.1.